The average molecular weight is 382 g/mol. The van der Waals surface area contributed by atoms with E-state index in [-0.39, 0.29) is 5.92 Å². The van der Waals surface area contributed by atoms with E-state index in [1.54, 1.807) is 52.8 Å². The van der Waals surface area contributed by atoms with Gasteiger partial charge < -0.3 is 4.74 Å². The van der Waals surface area contributed by atoms with Gasteiger partial charge in [-0.25, -0.2) is 4.79 Å². The number of ether oxygens (including phenoxy) is 1. The summed E-state index contributed by atoms with van der Waals surface area (Å²) >= 11 is 3.29. The van der Waals surface area contributed by atoms with E-state index in [0.717, 1.165) is 4.90 Å². The van der Waals surface area contributed by atoms with Crippen LogP contribution in [0, 0.1) is 5.92 Å². The fraction of sp³-hybridized carbons (Fsp3) is 0.471. The first kappa shape index (κ1) is 17.7. The van der Waals surface area contributed by atoms with Crippen molar-refractivity contribution in [3.63, 3.8) is 0 Å². The largest absolute Gasteiger partial charge is 0.458 e. The van der Waals surface area contributed by atoms with Crippen molar-refractivity contribution >= 4 is 33.7 Å². The van der Waals surface area contributed by atoms with Gasteiger partial charge in [-0.1, -0.05) is 29.8 Å². The van der Waals surface area contributed by atoms with E-state index in [0.29, 0.717) is 15.6 Å². The molecule has 23 heavy (non-hydrogen) atoms. The Labute approximate surface area is 144 Å². The van der Waals surface area contributed by atoms with Gasteiger partial charge >= 0.3 is 5.97 Å². The first-order valence-electron chi connectivity index (χ1n) is 7.43. The molecule has 6 heteroatoms. The van der Waals surface area contributed by atoms with Gasteiger partial charge in [-0.05, 0) is 44.9 Å². The SMILES string of the molecule is CC(C)[C@@H](C(=O)OC(C)(C)C)N1C(=O)c2ccc(Br)cc2C1=O. The van der Waals surface area contributed by atoms with Crippen LogP contribution >= 0.6 is 15.9 Å². The molecule has 0 aromatic heterocycles. The van der Waals surface area contributed by atoms with E-state index in [9.17, 15) is 14.4 Å². The molecule has 0 aliphatic carbocycles. The van der Waals surface area contributed by atoms with Crippen LogP contribution in [0.1, 0.15) is 55.3 Å². The summed E-state index contributed by atoms with van der Waals surface area (Å²) in [5.41, 5.74) is -0.0719. The molecule has 1 aromatic carbocycles. The molecule has 124 valence electrons. The lowest BCUT2D eigenvalue weighted by Gasteiger charge is -2.30. The van der Waals surface area contributed by atoms with Gasteiger partial charge in [0.15, 0.2) is 0 Å². The Morgan fingerprint density at radius 2 is 1.70 bits per heavy atom. The van der Waals surface area contributed by atoms with Crippen LogP contribution in [0.15, 0.2) is 22.7 Å². The number of hydrogen-bond acceptors (Lipinski definition) is 4. The molecule has 0 N–H and O–H groups in total. The van der Waals surface area contributed by atoms with Crippen molar-refractivity contribution in [3.05, 3.63) is 33.8 Å². The molecular formula is C17H20BrNO4. The summed E-state index contributed by atoms with van der Waals surface area (Å²) in [5.74, 6) is -1.74. The molecule has 0 fully saturated rings. The van der Waals surface area contributed by atoms with Gasteiger partial charge in [0.2, 0.25) is 0 Å². The molecule has 2 amide bonds. The Bertz CT molecular complexity index is 676. The third kappa shape index (κ3) is 3.47. The number of nitrogens with zero attached hydrogens (tertiary/aromatic N) is 1. The topological polar surface area (TPSA) is 63.7 Å². The van der Waals surface area contributed by atoms with E-state index in [4.69, 9.17) is 4.74 Å². The summed E-state index contributed by atoms with van der Waals surface area (Å²) in [6.45, 7) is 8.83. The predicted molar refractivity (Wildman–Crippen MR) is 89.1 cm³/mol. The third-order valence-corrected chi connectivity index (χ3v) is 3.93. The van der Waals surface area contributed by atoms with Crippen molar-refractivity contribution in [2.45, 2.75) is 46.3 Å². The summed E-state index contributed by atoms with van der Waals surface area (Å²) in [4.78, 5) is 38.8. The number of imide groups is 1. The molecule has 0 spiro atoms. The van der Waals surface area contributed by atoms with Crippen molar-refractivity contribution in [2.75, 3.05) is 0 Å². The zero-order valence-electron chi connectivity index (χ0n) is 13.8. The second kappa shape index (κ2) is 6.07. The molecule has 1 heterocycles. The van der Waals surface area contributed by atoms with Gasteiger partial charge in [-0.2, -0.15) is 0 Å². The molecule has 0 bridgehead atoms. The number of carbonyl (C=O) groups is 3. The Hall–Kier alpha value is -1.69. The summed E-state index contributed by atoms with van der Waals surface area (Å²) in [6.07, 6.45) is 0. The van der Waals surface area contributed by atoms with Crippen LogP contribution in [-0.4, -0.2) is 34.3 Å². The lowest BCUT2D eigenvalue weighted by atomic mass is 10.0. The number of rotatable bonds is 3. The van der Waals surface area contributed by atoms with Crippen LogP contribution < -0.4 is 0 Å². The summed E-state index contributed by atoms with van der Waals surface area (Å²) in [7, 11) is 0. The van der Waals surface area contributed by atoms with Gasteiger partial charge in [0, 0.05) is 4.47 Å². The number of carbonyl (C=O) groups excluding carboxylic acids is 3. The highest BCUT2D eigenvalue weighted by Gasteiger charge is 2.45. The number of esters is 1. The molecule has 1 aliphatic rings. The molecule has 0 radical (unpaired) electrons. The molecule has 1 aromatic rings. The maximum Gasteiger partial charge on any atom is 0.330 e. The van der Waals surface area contributed by atoms with Crippen LogP contribution in [0.25, 0.3) is 0 Å². The summed E-state index contributed by atoms with van der Waals surface area (Å²) in [5, 5.41) is 0. The molecule has 0 saturated heterocycles. The van der Waals surface area contributed by atoms with Gasteiger partial charge in [-0.3, -0.25) is 14.5 Å². The second-order valence-corrected chi connectivity index (χ2v) is 7.81. The quantitative estimate of drug-likeness (QED) is 0.594. The Morgan fingerprint density at radius 1 is 1.13 bits per heavy atom. The number of benzene rings is 1. The van der Waals surface area contributed by atoms with Crippen molar-refractivity contribution in [2.24, 2.45) is 5.92 Å². The average Bonchev–Trinajstić information content (AvgIpc) is 2.61. The highest BCUT2D eigenvalue weighted by Crippen LogP contribution is 2.30. The molecule has 1 aliphatic heterocycles. The van der Waals surface area contributed by atoms with Gasteiger partial charge in [0.05, 0.1) is 11.1 Å². The van der Waals surface area contributed by atoms with Crippen LogP contribution in [0.3, 0.4) is 0 Å². The fourth-order valence-electron chi connectivity index (χ4n) is 2.52. The fourth-order valence-corrected chi connectivity index (χ4v) is 2.88. The Morgan fingerprint density at radius 3 is 2.22 bits per heavy atom. The van der Waals surface area contributed by atoms with E-state index >= 15 is 0 Å². The monoisotopic (exact) mass is 381 g/mol. The first-order chi connectivity index (χ1) is 10.5. The maximum atomic E-state index is 12.7. The van der Waals surface area contributed by atoms with Gasteiger partial charge in [0.1, 0.15) is 11.6 Å². The smallest absolute Gasteiger partial charge is 0.330 e. The van der Waals surface area contributed by atoms with E-state index in [1.807, 2.05) is 0 Å². The molecule has 2 rings (SSSR count). The maximum absolute atomic E-state index is 12.7. The molecular weight excluding hydrogens is 362 g/mol. The number of halogens is 1. The van der Waals surface area contributed by atoms with Crippen LogP contribution in [-0.2, 0) is 9.53 Å². The zero-order chi connectivity index (χ0) is 17.5. The Balaban J connectivity index is 2.40. The van der Waals surface area contributed by atoms with Crippen molar-refractivity contribution < 1.29 is 19.1 Å². The van der Waals surface area contributed by atoms with E-state index in [2.05, 4.69) is 15.9 Å². The normalized spacial score (nSPS) is 15.9. The highest BCUT2D eigenvalue weighted by atomic mass is 79.9. The van der Waals surface area contributed by atoms with Crippen molar-refractivity contribution in [3.8, 4) is 0 Å². The minimum atomic E-state index is -0.944. The van der Waals surface area contributed by atoms with Crippen LogP contribution in [0.2, 0.25) is 0 Å². The molecule has 0 saturated carbocycles. The number of amides is 2. The van der Waals surface area contributed by atoms with Gasteiger partial charge in [-0.15, -0.1) is 0 Å². The minimum Gasteiger partial charge on any atom is -0.458 e. The lowest BCUT2D eigenvalue weighted by Crippen LogP contribution is -2.50. The highest BCUT2D eigenvalue weighted by molar-refractivity contribution is 9.10. The molecule has 0 unspecified atom stereocenters. The third-order valence-electron chi connectivity index (χ3n) is 3.44. The molecule has 5 nitrogen and oxygen atoms in total. The zero-order valence-corrected chi connectivity index (χ0v) is 15.4. The summed E-state index contributed by atoms with van der Waals surface area (Å²) in [6, 6.07) is 3.94. The van der Waals surface area contributed by atoms with Crippen LogP contribution in [0.4, 0.5) is 0 Å². The summed E-state index contributed by atoms with van der Waals surface area (Å²) < 4.78 is 6.10. The second-order valence-electron chi connectivity index (χ2n) is 6.89. The van der Waals surface area contributed by atoms with Crippen LogP contribution in [0.5, 0.6) is 0 Å². The Kier molecular flexibility index (Phi) is 4.66. The first-order valence-corrected chi connectivity index (χ1v) is 8.22. The van der Waals surface area contributed by atoms with Crippen molar-refractivity contribution in [1.29, 1.82) is 0 Å². The minimum absolute atomic E-state index is 0.254. The predicted octanol–water partition coefficient (Wildman–Crippen LogP) is 3.41. The van der Waals surface area contributed by atoms with Crippen molar-refractivity contribution in [1.82, 2.24) is 4.90 Å². The molecule has 1 atom stereocenters. The van der Waals surface area contributed by atoms with E-state index < -0.39 is 29.4 Å². The number of fused-ring (bicyclic) bond motifs is 1. The standard InChI is InChI=1S/C17H20BrNO4/c1-9(2)13(16(22)23-17(3,4)5)19-14(20)11-7-6-10(18)8-12(11)15(19)21/h6-9,13H,1-5H3/t13-/m0/s1. The number of hydrogen-bond donors (Lipinski definition) is 0. The lowest BCUT2D eigenvalue weighted by molar-refractivity contribution is -0.161. The van der Waals surface area contributed by atoms with Gasteiger partial charge in [0.25, 0.3) is 11.8 Å². The van der Waals surface area contributed by atoms with E-state index in [1.165, 1.54) is 0 Å².